The number of hydrogen-bond acceptors (Lipinski definition) is 4. The van der Waals surface area contributed by atoms with E-state index in [1.165, 1.54) is 6.42 Å². The number of anilines is 1. The third kappa shape index (κ3) is 4.74. The van der Waals surface area contributed by atoms with E-state index in [1.807, 2.05) is 0 Å². The zero-order valence-corrected chi connectivity index (χ0v) is 15.3. The first-order chi connectivity index (χ1) is 12.7. The molecular weight excluding hydrogens is 332 g/mol. The molecule has 3 rings (SSSR count). The number of nitrogens with one attached hydrogen (secondary N) is 3. The summed E-state index contributed by atoms with van der Waals surface area (Å²) in [6, 6.07) is 7.24. The lowest BCUT2D eigenvalue weighted by molar-refractivity contribution is 0.00116. The number of benzene rings is 1. The molecule has 26 heavy (non-hydrogen) atoms. The van der Waals surface area contributed by atoms with Gasteiger partial charge in [0.25, 0.3) is 5.91 Å². The summed E-state index contributed by atoms with van der Waals surface area (Å²) in [6.45, 7) is 3.39. The SMILES string of the molecule is CNC(=O)c1cccc(NC(=O)NC2CCCCC2N2CCOCC2)c1. The first-order valence-electron chi connectivity index (χ1n) is 9.39. The Morgan fingerprint density at radius 2 is 1.92 bits per heavy atom. The molecule has 0 bridgehead atoms. The van der Waals surface area contributed by atoms with Gasteiger partial charge in [-0.25, -0.2) is 4.79 Å². The molecule has 1 saturated heterocycles. The Kier molecular flexibility index (Phi) is 6.46. The summed E-state index contributed by atoms with van der Waals surface area (Å²) >= 11 is 0. The zero-order chi connectivity index (χ0) is 18.4. The van der Waals surface area contributed by atoms with Crippen molar-refractivity contribution in [2.24, 2.45) is 0 Å². The Hall–Kier alpha value is -2.12. The number of carbonyl (C=O) groups excluding carboxylic acids is 2. The van der Waals surface area contributed by atoms with Gasteiger partial charge in [0.1, 0.15) is 0 Å². The van der Waals surface area contributed by atoms with Gasteiger partial charge >= 0.3 is 6.03 Å². The molecule has 2 atom stereocenters. The predicted octanol–water partition coefficient (Wildman–Crippen LogP) is 1.81. The van der Waals surface area contributed by atoms with Crippen molar-refractivity contribution in [3.05, 3.63) is 29.8 Å². The molecular formula is C19H28N4O3. The van der Waals surface area contributed by atoms with Crippen LogP contribution in [0.3, 0.4) is 0 Å². The summed E-state index contributed by atoms with van der Waals surface area (Å²) in [5.41, 5.74) is 1.14. The molecule has 1 aromatic rings. The minimum Gasteiger partial charge on any atom is -0.379 e. The molecule has 3 amide bonds. The van der Waals surface area contributed by atoms with Crippen LogP contribution in [0, 0.1) is 0 Å². The van der Waals surface area contributed by atoms with Gasteiger partial charge in [0.2, 0.25) is 0 Å². The standard InChI is InChI=1S/C19H28N4O3/c1-20-18(24)14-5-4-6-15(13-14)21-19(25)22-16-7-2-3-8-17(16)23-9-11-26-12-10-23/h4-6,13,16-17H,2-3,7-12H2,1H3,(H,20,24)(H2,21,22,25). The van der Waals surface area contributed by atoms with Crippen LogP contribution in [0.1, 0.15) is 36.0 Å². The van der Waals surface area contributed by atoms with Gasteiger partial charge in [-0.05, 0) is 31.0 Å². The molecule has 2 fully saturated rings. The largest absolute Gasteiger partial charge is 0.379 e. The molecule has 2 unspecified atom stereocenters. The number of carbonyl (C=O) groups is 2. The number of ether oxygens (including phenoxy) is 1. The number of urea groups is 1. The minimum atomic E-state index is -0.218. The van der Waals surface area contributed by atoms with E-state index in [-0.39, 0.29) is 18.0 Å². The van der Waals surface area contributed by atoms with Gasteiger partial charge in [-0.2, -0.15) is 0 Å². The smallest absolute Gasteiger partial charge is 0.319 e. The molecule has 0 aromatic heterocycles. The van der Waals surface area contributed by atoms with E-state index in [0.717, 1.165) is 45.6 Å². The Morgan fingerprint density at radius 1 is 1.15 bits per heavy atom. The summed E-state index contributed by atoms with van der Waals surface area (Å²) in [5, 5.41) is 8.59. The maximum atomic E-state index is 12.5. The van der Waals surface area contributed by atoms with Crippen molar-refractivity contribution in [3.8, 4) is 0 Å². The van der Waals surface area contributed by atoms with Crippen LogP contribution in [0.5, 0.6) is 0 Å². The molecule has 7 nitrogen and oxygen atoms in total. The second-order valence-electron chi connectivity index (χ2n) is 6.87. The maximum Gasteiger partial charge on any atom is 0.319 e. The van der Waals surface area contributed by atoms with Crippen molar-refractivity contribution in [2.75, 3.05) is 38.7 Å². The molecule has 0 spiro atoms. The molecule has 1 saturated carbocycles. The molecule has 1 aliphatic carbocycles. The van der Waals surface area contributed by atoms with Gasteiger partial charge in [0.15, 0.2) is 0 Å². The highest BCUT2D eigenvalue weighted by atomic mass is 16.5. The van der Waals surface area contributed by atoms with Gasteiger partial charge in [0, 0.05) is 43.5 Å². The molecule has 1 heterocycles. The van der Waals surface area contributed by atoms with E-state index in [9.17, 15) is 9.59 Å². The molecule has 2 aliphatic rings. The molecule has 3 N–H and O–H groups in total. The number of morpholine rings is 1. The van der Waals surface area contributed by atoms with Gasteiger partial charge in [-0.3, -0.25) is 9.69 Å². The van der Waals surface area contributed by atoms with E-state index in [0.29, 0.717) is 17.3 Å². The number of amides is 3. The third-order valence-electron chi connectivity index (χ3n) is 5.17. The van der Waals surface area contributed by atoms with Crippen molar-refractivity contribution >= 4 is 17.6 Å². The lowest BCUT2D eigenvalue weighted by Gasteiger charge is -2.41. The number of rotatable bonds is 4. The van der Waals surface area contributed by atoms with Crippen LogP contribution in [0.15, 0.2) is 24.3 Å². The van der Waals surface area contributed by atoms with E-state index in [4.69, 9.17) is 4.74 Å². The van der Waals surface area contributed by atoms with Crippen molar-refractivity contribution in [1.82, 2.24) is 15.5 Å². The molecule has 142 valence electrons. The Morgan fingerprint density at radius 3 is 2.69 bits per heavy atom. The second-order valence-corrected chi connectivity index (χ2v) is 6.87. The van der Waals surface area contributed by atoms with E-state index < -0.39 is 0 Å². The third-order valence-corrected chi connectivity index (χ3v) is 5.17. The topological polar surface area (TPSA) is 82.7 Å². The summed E-state index contributed by atoms with van der Waals surface area (Å²) < 4.78 is 5.45. The predicted molar refractivity (Wildman–Crippen MR) is 100 cm³/mol. The molecule has 1 aliphatic heterocycles. The van der Waals surface area contributed by atoms with Crippen molar-refractivity contribution < 1.29 is 14.3 Å². The maximum absolute atomic E-state index is 12.5. The lowest BCUT2D eigenvalue weighted by Crippen LogP contribution is -2.56. The van der Waals surface area contributed by atoms with E-state index in [1.54, 1.807) is 31.3 Å². The van der Waals surface area contributed by atoms with Crippen LogP contribution in [0.25, 0.3) is 0 Å². The van der Waals surface area contributed by atoms with Crippen molar-refractivity contribution in [2.45, 2.75) is 37.8 Å². The van der Waals surface area contributed by atoms with Crippen LogP contribution < -0.4 is 16.0 Å². The summed E-state index contributed by atoms with van der Waals surface area (Å²) in [7, 11) is 1.59. The van der Waals surface area contributed by atoms with Gasteiger partial charge in [-0.1, -0.05) is 18.9 Å². The summed E-state index contributed by atoms with van der Waals surface area (Å²) in [5.74, 6) is -0.172. The average molecular weight is 360 g/mol. The highest BCUT2D eigenvalue weighted by molar-refractivity contribution is 5.96. The van der Waals surface area contributed by atoms with Gasteiger partial charge in [-0.15, -0.1) is 0 Å². The Balaban J connectivity index is 1.60. The number of hydrogen-bond donors (Lipinski definition) is 3. The average Bonchev–Trinajstić information content (AvgIpc) is 2.68. The summed E-state index contributed by atoms with van der Waals surface area (Å²) in [4.78, 5) is 26.7. The summed E-state index contributed by atoms with van der Waals surface area (Å²) in [6.07, 6.45) is 4.44. The van der Waals surface area contributed by atoms with Crippen LogP contribution in [-0.4, -0.2) is 62.3 Å². The first kappa shape index (κ1) is 18.7. The van der Waals surface area contributed by atoms with Crippen LogP contribution in [0.4, 0.5) is 10.5 Å². The van der Waals surface area contributed by atoms with Crippen LogP contribution in [0.2, 0.25) is 0 Å². The molecule has 1 aromatic carbocycles. The lowest BCUT2D eigenvalue weighted by atomic mass is 9.89. The molecule has 0 radical (unpaired) electrons. The molecule has 7 heteroatoms. The van der Waals surface area contributed by atoms with Crippen LogP contribution >= 0.6 is 0 Å². The van der Waals surface area contributed by atoms with Crippen LogP contribution in [-0.2, 0) is 4.74 Å². The Labute approximate surface area is 154 Å². The highest BCUT2D eigenvalue weighted by Crippen LogP contribution is 2.24. The fourth-order valence-electron chi connectivity index (χ4n) is 3.84. The minimum absolute atomic E-state index is 0.143. The fourth-order valence-corrected chi connectivity index (χ4v) is 3.84. The van der Waals surface area contributed by atoms with Gasteiger partial charge in [0.05, 0.1) is 13.2 Å². The fraction of sp³-hybridized carbons (Fsp3) is 0.579. The van der Waals surface area contributed by atoms with Gasteiger partial charge < -0.3 is 20.7 Å². The zero-order valence-electron chi connectivity index (χ0n) is 15.3. The first-order valence-corrected chi connectivity index (χ1v) is 9.39. The normalized spacial score (nSPS) is 23.9. The van der Waals surface area contributed by atoms with E-state index >= 15 is 0 Å². The van der Waals surface area contributed by atoms with Crippen molar-refractivity contribution in [1.29, 1.82) is 0 Å². The highest BCUT2D eigenvalue weighted by Gasteiger charge is 2.32. The van der Waals surface area contributed by atoms with E-state index in [2.05, 4.69) is 20.9 Å². The number of nitrogens with zero attached hydrogens (tertiary/aromatic N) is 1. The second kappa shape index (κ2) is 9.00. The Bertz CT molecular complexity index is 631. The quantitative estimate of drug-likeness (QED) is 0.765. The van der Waals surface area contributed by atoms with Crippen molar-refractivity contribution in [3.63, 3.8) is 0 Å². The monoisotopic (exact) mass is 360 g/mol.